The minimum Gasteiger partial charge on any atom is -0.491 e. The summed E-state index contributed by atoms with van der Waals surface area (Å²) >= 11 is 0. The zero-order valence-electron chi connectivity index (χ0n) is 12.1. The number of aliphatic hydroxyl groups is 1. The monoisotopic (exact) mass is 267 g/mol. The van der Waals surface area contributed by atoms with Gasteiger partial charge in [0.25, 0.3) is 0 Å². The number of hydrogen-bond donors (Lipinski definition) is 2. The molecule has 1 aromatic rings. The van der Waals surface area contributed by atoms with Crippen LogP contribution >= 0.6 is 0 Å². The van der Waals surface area contributed by atoms with Crippen LogP contribution in [0.3, 0.4) is 0 Å². The molecule has 1 aromatic carbocycles. The van der Waals surface area contributed by atoms with Gasteiger partial charge in [0, 0.05) is 19.7 Å². The third kappa shape index (κ3) is 7.15. The normalized spacial score (nSPS) is 12.7. The van der Waals surface area contributed by atoms with Crippen LogP contribution in [0.1, 0.15) is 19.4 Å². The van der Waals surface area contributed by atoms with Gasteiger partial charge in [-0.1, -0.05) is 26.0 Å². The van der Waals surface area contributed by atoms with Crippen LogP contribution in [0.2, 0.25) is 0 Å². The fraction of sp³-hybridized carbons (Fsp3) is 0.600. The van der Waals surface area contributed by atoms with E-state index in [4.69, 9.17) is 9.47 Å². The average molecular weight is 267 g/mol. The molecule has 4 heteroatoms. The van der Waals surface area contributed by atoms with E-state index in [2.05, 4.69) is 5.32 Å². The van der Waals surface area contributed by atoms with Crippen molar-refractivity contribution in [3.63, 3.8) is 0 Å². The van der Waals surface area contributed by atoms with E-state index in [1.165, 1.54) is 5.56 Å². The lowest BCUT2D eigenvalue weighted by molar-refractivity contribution is 0.104. The average Bonchev–Trinajstić information content (AvgIpc) is 2.41. The quantitative estimate of drug-likeness (QED) is 0.714. The summed E-state index contributed by atoms with van der Waals surface area (Å²) in [5.74, 6) is 0.789. The summed E-state index contributed by atoms with van der Waals surface area (Å²) in [6.07, 6.45) is 0.371. The van der Waals surface area contributed by atoms with E-state index in [-0.39, 0.29) is 0 Å². The lowest BCUT2D eigenvalue weighted by Gasteiger charge is -2.15. The van der Waals surface area contributed by atoms with Gasteiger partial charge >= 0.3 is 0 Å². The number of ether oxygens (including phenoxy) is 2. The molecule has 0 unspecified atom stereocenters. The highest BCUT2D eigenvalue weighted by molar-refractivity contribution is 5.28. The highest BCUT2D eigenvalue weighted by atomic mass is 16.5. The Morgan fingerprint density at radius 3 is 2.79 bits per heavy atom. The smallest absolute Gasteiger partial charge is 0.119 e. The summed E-state index contributed by atoms with van der Waals surface area (Å²) in [5.41, 5.74) is 1.18. The van der Waals surface area contributed by atoms with Crippen molar-refractivity contribution in [1.29, 1.82) is 0 Å². The molecule has 4 nitrogen and oxygen atoms in total. The number of benzene rings is 1. The van der Waals surface area contributed by atoms with Gasteiger partial charge in [0.05, 0.1) is 6.61 Å². The number of methoxy groups -OCH3 is 1. The molecule has 108 valence electrons. The summed E-state index contributed by atoms with van der Waals surface area (Å²) in [7, 11) is 1.69. The molecular formula is C15H25NO3. The number of hydrogen-bond acceptors (Lipinski definition) is 4. The maximum Gasteiger partial charge on any atom is 0.119 e. The van der Waals surface area contributed by atoms with E-state index < -0.39 is 6.10 Å². The summed E-state index contributed by atoms with van der Waals surface area (Å²) in [6, 6.07) is 8.26. The highest BCUT2D eigenvalue weighted by Gasteiger charge is 2.06. The summed E-state index contributed by atoms with van der Waals surface area (Å²) in [5, 5.41) is 12.9. The van der Waals surface area contributed by atoms with E-state index in [9.17, 15) is 5.11 Å². The second-order valence-corrected chi connectivity index (χ2v) is 4.92. The zero-order valence-corrected chi connectivity index (χ0v) is 12.1. The maximum absolute atomic E-state index is 9.76. The van der Waals surface area contributed by atoms with E-state index in [0.29, 0.717) is 25.8 Å². The van der Waals surface area contributed by atoms with Crippen molar-refractivity contribution in [3.8, 4) is 5.75 Å². The zero-order chi connectivity index (χ0) is 14.1. The first-order valence-electron chi connectivity index (χ1n) is 6.74. The van der Waals surface area contributed by atoms with Crippen LogP contribution in [-0.2, 0) is 11.2 Å². The molecule has 1 atom stereocenters. The van der Waals surface area contributed by atoms with Gasteiger partial charge in [-0.2, -0.15) is 0 Å². The van der Waals surface area contributed by atoms with Gasteiger partial charge in [-0.25, -0.2) is 0 Å². The molecule has 0 fully saturated rings. The predicted octanol–water partition coefficient (Wildman–Crippen LogP) is 1.61. The van der Waals surface area contributed by atoms with Crippen molar-refractivity contribution in [2.75, 3.05) is 26.9 Å². The second kappa shape index (κ2) is 8.91. The van der Waals surface area contributed by atoms with Crippen molar-refractivity contribution < 1.29 is 14.6 Å². The van der Waals surface area contributed by atoms with Crippen molar-refractivity contribution in [2.45, 2.75) is 32.4 Å². The third-order valence-electron chi connectivity index (χ3n) is 2.70. The second-order valence-electron chi connectivity index (χ2n) is 4.92. The molecule has 0 radical (unpaired) electrons. The fourth-order valence-electron chi connectivity index (χ4n) is 1.63. The van der Waals surface area contributed by atoms with Crippen LogP contribution in [0.5, 0.6) is 5.75 Å². The Morgan fingerprint density at radius 1 is 1.32 bits per heavy atom. The third-order valence-corrected chi connectivity index (χ3v) is 2.70. The van der Waals surface area contributed by atoms with E-state index >= 15 is 0 Å². The molecule has 0 amide bonds. The summed E-state index contributed by atoms with van der Waals surface area (Å²) < 4.78 is 10.6. The first-order valence-corrected chi connectivity index (χ1v) is 6.74. The van der Waals surface area contributed by atoms with Crippen LogP contribution in [0.4, 0.5) is 0 Å². The summed E-state index contributed by atoms with van der Waals surface area (Å²) in [4.78, 5) is 0. The van der Waals surface area contributed by atoms with Crippen molar-refractivity contribution in [2.24, 2.45) is 0 Å². The molecule has 0 saturated carbocycles. The topological polar surface area (TPSA) is 50.7 Å². The van der Waals surface area contributed by atoms with Crippen LogP contribution in [0.15, 0.2) is 24.3 Å². The Labute approximate surface area is 115 Å². The van der Waals surface area contributed by atoms with Gasteiger partial charge in [-0.3, -0.25) is 0 Å². The Bertz CT molecular complexity index is 355. The lowest BCUT2D eigenvalue weighted by atomic mass is 10.1. The Hall–Kier alpha value is -1.10. The molecule has 2 N–H and O–H groups in total. The van der Waals surface area contributed by atoms with Gasteiger partial charge in [-0.15, -0.1) is 0 Å². The molecule has 0 spiro atoms. The molecule has 0 heterocycles. The molecule has 19 heavy (non-hydrogen) atoms. The molecule has 1 rings (SSSR count). The number of rotatable bonds is 9. The summed E-state index contributed by atoms with van der Waals surface area (Å²) in [6.45, 7) is 5.64. The van der Waals surface area contributed by atoms with Crippen molar-refractivity contribution in [3.05, 3.63) is 29.8 Å². The standard InChI is InChI=1S/C15H25NO3/c1-12(2)16-10-14(17)11-19-15-6-4-5-13(9-15)7-8-18-3/h4-6,9,12,14,16-17H,7-8,10-11H2,1-3H3/t14-/m0/s1. The van der Waals surface area contributed by atoms with Gasteiger partial charge in [-0.05, 0) is 24.1 Å². The molecule has 0 bridgehead atoms. The van der Waals surface area contributed by atoms with Gasteiger partial charge in [0.15, 0.2) is 0 Å². The Morgan fingerprint density at radius 2 is 2.11 bits per heavy atom. The molecular weight excluding hydrogens is 242 g/mol. The SMILES string of the molecule is COCCc1cccc(OC[C@@H](O)CNC(C)C)c1. The lowest BCUT2D eigenvalue weighted by Crippen LogP contribution is -2.35. The number of nitrogens with one attached hydrogen (secondary N) is 1. The largest absolute Gasteiger partial charge is 0.491 e. The Balaban J connectivity index is 2.35. The minimum atomic E-state index is -0.495. The van der Waals surface area contributed by atoms with Crippen LogP contribution in [0, 0.1) is 0 Å². The Kier molecular flexibility index (Phi) is 7.48. The van der Waals surface area contributed by atoms with Gasteiger partial charge in [0.1, 0.15) is 18.5 Å². The maximum atomic E-state index is 9.76. The highest BCUT2D eigenvalue weighted by Crippen LogP contribution is 2.14. The fourth-order valence-corrected chi connectivity index (χ4v) is 1.63. The van der Waals surface area contributed by atoms with E-state index in [1.807, 2.05) is 38.1 Å². The molecule has 0 aliphatic carbocycles. The molecule has 0 aliphatic heterocycles. The van der Waals surface area contributed by atoms with Crippen molar-refractivity contribution >= 4 is 0 Å². The molecule has 0 saturated heterocycles. The van der Waals surface area contributed by atoms with Crippen molar-refractivity contribution in [1.82, 2.24) is 5.32 Å². The minimum absolute atomic E-state index is 0.299. The molecule has 0 aliphatic rings. The van der Waals surface area contributed by atoms with Crippen LogP contribution < -0.4 is 10.1 Å². The first-order chi connectivity index (χ1) is 9.11. The molecule has 0 aromatic heterocycles. The van der Waals surface area contributed by atoms with E-state index in [1.54, 1.807) is 7.11 Å². The van der Waals surface area contributed by atoms with Crippen LogP contribution in [0.25, 0.3) is 0 Å². The number of aliphatic hydroxyl groups excluding tert-OH is 1. The van der Waals surface area contributed by atoms with Crippen LogP contribution in [-0.4, -0.2) is 44.1 Å². The first kappa shape index (κ1) is 16.0. The van der Waals surface area contributed by atoms with Gasteiger partial charge < -0.3 is 19.9 Å². The van der Waals surface area contributed by atoms with Gasteiger partial charge in [0.2, 0.25) is 0 Å². The predicted molar refractivity (Wildman–Crippen MR) is 76.7 cm³/mol. The van der Waals surface area contributed by atoms with E-state index in [0.717, 1.165) is 12.2 Å².